The summed E-state index contributed by atoms with van der Waals surface area (Å²) in [6, 6.07) is 0.493. The molecule has 0 atom stereocenters. The molecule has 0 fully saturated rings. The monoisotopic (exact) mass is 157 g/mol. The normalized spacial score (nSPS) is 10.4. The Labute approximate surface area is 64.7 Å². The molecule has 0 aromatic carbocycles. The minimum Gasteiger partial charge on any atom is -0.347 e. The molecule has 56 valence electrons. The summed E-state index contributed by atoms with van der Waals surface area (Å²) in [4.78, 5) is 2.09. The van der Waals surface area contributed by atoms with E-state index < -0.39 is 0 Å². The molecule has 0 radical (unpaired) electrons. The molecule has 1 rings (SSSR count). The molecule has 0 spiro atoms. The number of aromatic nitrogens is 2. The summed E-state index contributed by atoms with van der Waals surface area (Å²) in [7, 11) is 2.02. The van der Waals surface area contributed by atoms with E-state index in [2.05, 4.69) is 28.9 Å². The summed E-state index contributed by atoms with van der Waals surface area (Å²) in [5, 5.41) is 8.67. The van der Waals surface area contributed by atoms with E-state index in [-0.39, 0.29) is 0 Å². The third-order valence-electron chi connectivity index (χ3n) is 1.42. The second-order valence-corrected chi connectivity index (χ2v) is 3.24. The summed E-state index contributed by atoms with van der Waals surface area (Å²) in [5.74, 6) is 0. The van der Waals surface area contributed by atoms with Gasteiger partial charge in [0.25, 0.3) is 0 Å². The fourth-order valence-electron chi connectivity index (χ4n) is 0.542. The smallest absolute Gasteiger partial charge is 0.207 e. The molecule has 0 bridgehead atoms. The Morgan fingerprint density at radius 1 is 1.60 bits per heavy atom. The van der Waals surface area contributed by atoms with Crippen molar-refractivity contribution in [2.45, 2.75) is 19.9 Å². The molecule has 0 saturated carbocycles. The molecule has 4 heteroatoms. The summed E-state index contributed by atoms with van der Waals surface area (Å²) < 4.78 is 0. The zero-order valence-corrected chi connectivity index (χ0v) is 7.22. The predicted molar refractivity (Wildman–Crippen MR) is 43.4 cm³/mol. The Morgan fingerprint density at radius 2 is 2.30 bits per heavy atom. The van der Waals surface area contributed by atoms with Gasteiger partial charge in [0.2, 0.25) is 5.13 Å². The molecular formula is C6H11N3S. The summed E-state index contributed by atoms with van der Waals surface area (Å²) >= 11 is 1.56. The summed E-state index contributed by atoms with van der Waals surface area (Å²) in [5.41, 5.74) is 1.74. The van der Waals surface area contributed by atoms with Gasteiger partial charge >= 0.3 is 0 Å². The van der Waals surface area contributed by atoms with Gasteiger partial charge in [0.05, 0.1) is 0 Å². The maximum atomic E-state index is 3.93. The lowest BCUT2D eigenvalue weighted by atomic mass is 10.4. The summed E-state index contributed by atoms with van der Waals surface area (Å²) in [6.45, 7) is 4.25. The molecule has 0 aliphatic rings. The second kappa shape index (κ2) is 2.96. The predicted octanol–water partition coefficient (Wildman–Crippen LogP) is 1.38. The molecule has 0 amide bonds. The first-order chi connectivity index (χ1) is 4.72. The van der Waals surface area contributed by atoms with Crippen LogP contribution in [-0.2, 0) is 0 Å². The van der Waals surface area contributed by atoms with Gasteiger partial charge in [-0.1, -0.05) is 11.3 Å². The number of rotatable bonds is 2. The summed E-state index contributed by atoms with van der Waals surface area (Å²) in [6.07, 6.45) is 0. The Balaban J connectivity index is 2.68. The van der Waals surface area contributed by atoms with Crippen LogP contribution in [0.2, 0.25) is 0 Å². The molecule has 10 heavy (non-hydrogen) atoms. The van der Waals surface area contributed by atoms with Crippen LogP contribution in [0.3, 0.4) is 0 Å². The van der Waals surface area contributed by atoms with Crippen LogP contribution in [0, 0.1) is 0 Å². The molecule has 1 aromatic rings. The van der Waals surface area contributed by atoms with Gasteiger partial charge in [-0.3, -0.25) is 0 Å². The first-order valence-corrected chi connectivity index (χ1v) is 4.09. The van der Waals surface area contributed by atoms with Crippen molar-refractivity contribution in [1.29, 1.82) is 0 Å². The fourth-order valence-corrected chi connectivity index (χ4v) is 1.20. The van der Waals surface area contributed by atoms with Gasteiger partial charge in [-0.2, -0.15) is 0 Å². The highest BCUT2D eigenvalue weighted by atomic mass is 32.1. The molecule has 1 aromatic heterocycles. The Bertz CT molecular complexity index is 183. The zero-order valence-electron chi connectivity index (χ0n) is 6.40. The maximum absolute atomic E-state index is 3.93. The molecule has 1 heterocycles. The van der Waals surface area contributed by atoms with E-state index >= 15 is 0 Å². The number of hydrogen-bond donors (Lipinski definition) is 0. The number of hydrogen-bond acceptors (Lipinski definition) is 4. The average Bonchev–Trinajstić information content (AvgIpc) is 2.36. The van der Waals surface area contributed by atoms with Crippen molar-refractivity contribution in [3.63, 3.8) is 0 Å². The highest BCUT2D eigenvalue weighted by Gasteiger charge is 2.06. The quantitative estimate of drug-likeness (QED) is 0.649. The topological polar surface area (TPSA) is 29.0 Å². The minimum atomic E-state index is 0.493. The van der Waals surface area contributed by atoms with E-state index in [1.54, 1.807) is 16.8 Å². The van der Waals surface area contributed by atoms with Crippen LogP contribution in [0.1, 0.15) is 13.8 Å². The van der Waals surface area contributed by atoms with E-state index in [0.29, 0.717) is 6.04 Å². The van der Waals surface area contributed by atoms with Crippen molar-refractivity contribution in [3.8, 4) is 0 Å². The van der Waals surface area contributed by atoms with Crippen molar-refractivity contribution in [1.82, 2.24) is 10.2 Å². The van der Waals surface area contributed by atoms with Crippen LogP contribution in [0.25, 0.3) is 0 Å². The van der Waals surface area contributed by atoms with Crippen LogP contribution < -0.4 is 4.90 Å². The lowest BCUT2D eigenvalue weighted by Gasteiger charge is -2.18. The molecule has 0 aliphatic carbocycles. The molecule has 0 saturated heterocycles. The van der Waals surface area contributed by atoms with Crippen LogP contribution in [0.4, 0.5) is 5.13 Å². The Morgan fingerprint density at radius 3 is 2.70 bits per heavy atom. The Hall–Kier alpha value is -0.640. The minimum absolute atomic E-state index is 0.493. The molecule has 0 aliphatic heterocycles. The van der Waals surface area contributed by atoms with Gasteiger partial charge in [0.15, 0.2) is 0 Å². The molecule has 0 unspecified atom stereocenters. The SMILES string of the molecule is CC(C)N(C)c1nncs1. The van der Waals surface area contributed by atoms with Gasteiger partial charge in [-0.15, -0.1) is 10.2 Å². The standard InChI is InChI=1S/C6H11N3S/c1-5(2)9(3)6-8-7-4-10-6/h4-5H,1-3H3. The molecule has 0 N–H and O–H groups in total. The van der Waals surface area contributed by atoms with Crippen LogP contribution >= 0.6 is 11.3 Å². The average molecular weight is 157 g/mol. The van der Waals surface area contributed by atoms with Crippen molar-refractivity contribution < 1.29 is 0 Å². The third-order valence-corrected chi connectivity index (χ3v) is 2.21. The van der Waals surface area contributed by atoms with Gasteiger partial charge in [-0.05, 0) is 13.8 Å². The number of anilines is 1. The van der Waals surface area contributed by atoms with E-state index in [4.69, 9.17) is 0 Å². The van der Waals surface area contributed by atoms with E-state index in [9.17, 15) is 0 Å². The lowest BCUT2D eigenvalue weighted by Crippen LogP contribution is -2.25. The van der Waals surface area contributed by atoms with Crippen molar-refractivity contribution >= 4 is 16.5 Å². The van der Waals surface area contributed by atoms with Crippen molar-refractivity contribution in [2.75, 3.05) is 11.9 Å². The number of nitrogens with zero attached hydrogens (tertiary/aromatic N) is 3. The van der Waals surface area contributed by atoms with Crippen LogP contribution in [0.15, 0.2) is 5.51 Å². The highest BCUT2D eigenvalue weighted by molar-refractivity contribution is 7.13. The fraction of sp³-hybridized carbons (Fsp3) is 0.667. The third kappa shape index (κ3) is 1.44. The zero-order chi connectivity index (χ0) is 7.56. The maximum Gasteiger partial charge on any atom is 0.207 e. The van der Waals surface area contributed by atoms with Gasteiger partial charge in [-0.25, -0.2) is 0 Å². The highest BCUT2D eigenvalue weighted by Crippen LogP contribution is 2.15. The van der Waals surface area contributed by atoms with Gasteiger partial charge < -0.3 is 4.90 Å². The Kier molecular flexibility index (Phi) is 2.21. The molecular weight excluding hydrogens is 146 g/mol. The van der Waals surface area contributed by atoms with Crippen molar-refractivity contribution in [2.24, 2.45) is 0 Å². The van der Waals surface area contributed by atoms with Crippen LogP contribution in [-0.4, -0.2) is 23.3 Å². The van der Waals surface area contributed by atoms with E-state index in [1.165, 1.54) is 0 Å². The largest absolute Gasteiger partial charge is 0.347 e. The second-order valence-electron chi connectivity index (χ2n) is 2.43. The first kappa shape index (κ1) is 7.47. The van der Waals surface area contributed by atoms with Gasteiger partial charge in [0, 0.05) is 13.1 Å². The first-order valence-electron chi connectivity index (χ1n) is 3.21. The van der Waals surface area contributed by atoms with Crippen molar-refractivity contribution in [3.05, 3.63) is 5.51 Å². The van der Waals surface area contributed by atoms with E-state index in [1.807, 2.05) is 7.05 Å². The lowest BCUT2D eigenvalue weighted by molar-refractivity contribution is 0.746. The van der Waals surface area contributed by atoms with Gasteiger partial charge in [0.1, 0.15) is 5.51 Å². The molecule has 3 nitrogen and oxygen atoms in total. The van der Waals surface area contributed by atoms with Crippen LogP contribution in [0.5, 0.6) is 0 Å². The van der Waals surface area contributed by atoms with E-state index in [0.717, 1.165) is 5.13 Å².